The molecule has 13 heavy (non-hydrogen) atoms. The Bertz CT molecular complexity index is 161. The summed E-state index contributed by atoms with van der Waals surface area (Å²) in [6.07, 6.45) is 7.46. The minimum Gasteiger partial charge on any atom is -0.460 e. The van der Waals surface area contributed by atoms with Crippen molar-refractivity contribution >= 4 is 5.97 Å². The van der Waals surface area contributed by atoms with Crippen molar-refractivity contribution in [3.8, 4) is 0 Å². The number of esters is 1. The van der Waals surface area contributed by atoms with E-state index in [1.165, 1.54) is 6.08 Å². The molecule has 2 nitrogen and oxygen atoms in total. The van der Waals surface area contributed by atoms with E-state index >= 15 is 0 Å². The Hall–Kier alpha value is -0.790. The molecule has 76 valence electrons. The summed E-state index contributed by atoms with van der Waals surface area (Å²) in [5.41, 5.74) is 0. The van der Waals surface area contributed by atoms with E-state index in [0.717, 1.165) is 25.7 Å². The average molecular weight is 184 g/mol. The predicted octanol–water partition coefficient (Wildman–Crippen LogP) is 3.07. The Morgan fingerprint density at radius 2 is 2.15 bits per heavy atom. The maximum absolute atomic E-state index is 11.1. The van der Waals surface area contributed by atoms with E-state index in [0.29, 0.717) is 0 Å². The highest BCUT2D eigenvalue weighted by Crippen LogP contribution is 2.04. The van der Waals surface area contributed by atoms with Gasteiger partial charge in [0.15, 0.2) is 0 Å². The van der Waals surface area contributed by atoms with E-state index in [2.05, 4.69) is 6.92 Å². The van der Waals surface area contributed by atoms with E-state index in [-0.39, 0.29) is 12.1 Å². The van der Waals surface area contributed by atoms with E-state index < -0.39 is 0 Å². The lowest BCUT2D eigenvalue weighted by Crippen LogP contribution is -2.12. The third kappa shape index (κ3) is 7.57. The first kappa shape index (κ1) is 12.2. The van der Waals surface area contributed by atoms with Crippen molar-refractivity contribution in [3.63, 3.8) is 0 Å². The SMILES string of the molecule is CCC=CC(=O)OC(C)CCCC. The molecule has 0 spiro atoms. The van der Waals surface area contributed by atoms with Gasteiger partial charge in [0.1, 0.15) is 0 Å². The van der Waals surface area contributed by atoms with Gasteiger partial charge in [-0.25, -0.2) is 4.79 Å². The number of carbonyl (C=O) groups excluding carboxylic acids is 1. The van der Waals surface area contributed by atoms with Crippen LogP contribution in [0, 0.1) is 0 Å². The van der Waals surface area contributed by atoms with Crippen LogP contribution >= 0.6 is 0 Å². The van der Waals surface area contributed by atoms with Crippen molar-refractivity contribution in [2.45, 2.75) is 52.6 Å². The second kappa shape index (κ2) is 7.84. The zero-order valence-electron chi connectivity index (χ0n) is 8.88. The third-order valence-corrected chi connectivity index (χ3v) is 1.77. The molecule has 0 saturated heterocycles. The zero-order valence-corrected chi connectivity index (χ0v) is 8.88. The fraction of sp³-hybridized carbons (Fsp3) is 0.727. The van der Waals surface area contributed by atoms with Crippen molar-refractivity contribution in [2.24, 2.45) is 0 Å². The fourth-order valence-electron chi connectivity index (χ4n) is 1.00. The standard InChI is InChI=1S/C11H20O2/c1-4-6-8-10(3)13-11(12)9-7-5-2/h7,9-10H,4-6,8H2,1-3H3. The number of ether oxygens (including phenoxy) is 1. The Morgan fingerprint density at radius 3 is 2.69 bits per heavy atom. The average Bonchev–Trinajstić information content (AvgIpc) is 2.11. The summed E-state index contributed by atoms with van der Waals surface area (Å²) in [6.45, 7) is 6.06. The van der Waals surface area contributed by atoms with Crippen molar-refractivity contribution in [2.75, 3.05) is 0 Å². The third-order valence-electron chi connectivity index (χ3n) is 1.77. The molecule has 0 aromatic heterocycles. The fourth-order valence-corrected chi connectivity index (χ4v) is 1.00. The summed E-state index contributed by atoms with van der Waals surface area (Å²) >= 11 is 0. The van der Waals surface area contributed by atoms with Crippen molar-refractivity contribution < 1.29 is 9.53 Å². The van der Waals surface area contributed by atoms with E-state index in [1.54, 1.807) is 0 Å². The van der Waals surface area contributed by atoms with Gasteiger partial charge in [-0.3, -0.25) is 0 Å². The molecule has 0 saturated carbocycles. The van der Waals surface area contributed by atoms with Crippen LogP contribution in [0.3, 0.4) is 0 Å². The summed E-state index contributed by atoms with van der Waals surface area (Å²) in [5.74, 6) is -0.217. The highest BCUT2D eigenvalue weighted by atomic mass is 16.5. The van der Waals surface area contributed by atoms with E-state index in [9.17, 15) is 4.79 Å². The molecule has 1 unspecified atom stereocenters. The van der Waals surface area contributed by atoms with Gasteiger partial charge < -0.3 is 4.74 Å². The largest absolute Gasteiger partial charge is 0.460 e. The minimum atomic E-state index is -0.217. The number of carbonyl (C=O) groups is 1. The highest BCUT2D eigenvalue weighted by Gasteiger charge is 2.04. The van der Waals surface area contributed by atoms with Gasteiger partial charge in [0, 0.05) is 6.08 Å². The summed E-state index contributed by atoms with van der Waals surface area (Å²) in [5, 5.41) is 0. The second-order valence-corrected chi connectivity index (χ2v) is 3.20. The molecule has 0 N–H and O–H groups in total. The molecule has 0 aliphatic heterocycles. The first-order valence-corrected chi connectivity index (χ1v) is 5.07. The van der Waals surface area contributed by atoms with Gasteiger partial charge in [-0.2, -0.15) is 0 Å². The molecule has 0 radical (unpaired) electrons. The molecule has 0 bridgehead atoms. The number of hydrogen-bond acceptors (Lipinski definition) is 2. The van der Waals surface area contributed by atoms with Crippen molar-refractivity contribution in [1.29, 1.82) is 0 Å². The predicted molar refractivity (Wildman–Crippen MR) is 54.5 cm³/mol. The number of allylic oxidation sites excluding steroid dienone is 1. The Morgan fingerprint density at radius 1 is 1.46 bits per heavy atom. The first-order chi connectivity index (χ1) is 6.20. The summed E-state index contributed by atoms with van der Waals surface area (Å²) in [4.78, 5) is 11.1. The first-order valence-electron chi connectivity index (χ1n) is 5.07. The second-order valence-electron chi connectivity index (χ2n) is 3.20. The molecular formula is C11H20O2. The molecule has 0 fully saturated rings. The topological polar surface area (TPSA) is 26.3 Å². The lowest BCUT2D eigenvalue weighted by Gasteiger charge is -2.10. The lowest BCUT2D eigenvalue weighted by atomic mass is 10.2. The molecule has 0 amide bonds. The van der Waals surface area contributed by atoms with Crippen LogP contribution in [-0.4, -0.2) is 12.1 Å². The summed E-state index contributed by atoms with van der Waals surface area (Å²) < 4.78 is 5.13. The van der Waals surface area contributed by atoms with Crippen LogP contribution in [0.15, 0.2) is 12.2 Å². The molecule has 0 aliphatic carbocycles. The van der Waals surface area contributed by atoms with Gasteiger partial charge in [0.2, 0.25) is 0 Å². The zero-order chi connectivity index (χ0) is 10.1. The molecular weight excluding hydrogens is 164 g/mol. The van der Waals surface area contributed by atoms with Crippen LogP contribution in [0.2, 0.25) is 0 Å². The molecule has 2 heteroatoms. The normalized spacial score (nSPS) is 13.2. The van der Waals surface area contributed by atoms with Crippen LogP contribution in [0.5, 0.6) is 0 Å². The molecule has 1 atom stereocenters. The van der Waals surface area contributed by atoms with Gasteiger partial charge in [0.05, 0.1) is 6.10 Å². The van der Waals surface area contributed by atoms with Crippen LogP contribution in [0.25, 0.3) is 0 Å². The molecule has 0 aromatic rings. The van der Waals surface area contributed by atoms with Gasteiger partial charge >= 0.3 is 5.97 Å². The van der Waals surface area contributed by atoms with E-state index in [1.807, 2.05) is 19.9 Å². The quantitative estimate of drug-likeness (QED) is 0.468. The van der Waals surface area contributed by atoms with Gasteiger partial charge in [-0.15, -0.1) is 0 Å². The van der Waals surface area contributed by atoms with Crippen LogP contribution < -0.4 is 0 Å². The van der Waals surface area contributed by atoms with E-state index in [4.69, 9.17) is 4.74 Å². The molecule has 0 aromatic carbocycles. The number of hydrogen-bond donors (Lipinski definition) is 0. The Labute approximate surface area is 81.0 Å². The maximum Gasteiger partial charge on any atom is 0.330 e. The summed E-state index contributed by atoms with van der Waals surface area (Å²) in [6, 6.07) is 0. The smallest absolute Gasteiger partial charge is 0.330 e. The minimum absolute atomic E-state index is 0.0500. The van der Waals surface area contributed by atoms with Crippen LogP contribution in [-0.2, 0) is 9.53 Å². The van der Waals surface area contributed by atoms with Crippen LogP contribution in [0.1, 0.15) is 46.5 Å². The lowest BCUT2D eigenvalue weighted by molar-refractivity contribution is -0.142. The molecule has 0 rings (SSSR count). The molecule has 0 aliphatic rings. The maximum atomic E-state index is 11.1. The van der Waals surface area contributed by atoms with Crippen molar-refractivity contribution in [3.05, 3.63) is 12.2 Å². The summed E-state index contributed by atoms with van der Waals surface area (Å²) in [7, 11) is 0. The Kier molecular flexibility index (Phi) is 7.36. The Balaban J connectivity index is 3.58. The number of unbranched alkanes of at least 4 members (excludes halogenated alkanes) is 1. The van der Waals surface area contributed by atoms with Crippen molar-refractivity contribution in [1.82, 2.24) is 0 Å². The monoisotopic (exact) mass is 184 g/mol. The van der Waals surface area contributed by atoms with Gasteiger partial charge in [0.25, 0.3) is 0 Å². The number of rotatable bonds is 6. The highest BCUT2D eigenvalue weighted by molar-refractivity contribution is 5.81. The van der Waals surface area contributed by atoms with Gasteiger partial charge in [-0.05, 0) is 19.8 Å². The molecule has 0 heterocycles. The van der Waals surface area contributed by atoms with Gasteiger partial charge in [-0.1, -0.05) is 32.8 Å². The van der Waals surface area contributed by atoms with Crippen LogP contribution in [0.4, 0.5) is 0 Å².